The maximum absolute atomic E-state index is 6.08. The SMILES string of the molecule is CSC1CCCC1n1c(CCl)nc2ccccc21. The molecule has 1 fully saturated rings. The molecule has 2 nitrogen and oxygen atoms in total. The Kier molecular flexibility index (Phi) is 3.53. The second kappa shape index (κ2) is 5.14. The van der Waals surface area contributed by atoms with Crippen molar-refractivity contribution in [2.45, 2.75) is 36.4 Å². The van der Waals surface area contributed by atoms with E-state index in [1.165, 1.54) is 24.8 Å². The number of benzene rings is 1. The number of thioether (sulfide) groups is 1. The Labute approximate surface area is 117 Å². The van der Waals surface area contributed by atoms with Gasteiger partial charge in [-0.25, -0.2) is 4.98 Å². The summed E-state index contributed by atoms with van der Waals surface area (Å²) in [6.07, 6.45) is 6.07. The van der Waals surface area contributed by atoms with E-state index < -0.39 is 0 Å². The van der Waals surface area contributed by atoms with E-state index in [9.17, 15) is 0 Å². The van der Waals surface area contributed by atoms with Gasteiger partial charge in [0.2, 0.25) is 0 Å². The predicted octanol–water partition coefficient (Wildman–Crippen LogP) is 4.23. The van der Waals surface area contributed by atoms with E-state index in [0.29, 0.717) is 17.2 Å². The molecule has 96 valence electrons. The maximum Gasteiger partial charge on any atom is 0.125 e. The first-order valence-corrected chi connectivity index (χ1v) is 8.22. The van der Waals surface area contributed by atoms with E-state index in [4.69, 9.17) is 11.6 Å². The lowest BCUT2D eigenvalue weighted by Crippen LogP contribution is -2.17. The van der Waals surface area contributed by atoms with Gasteiger partial charge in [0.05, 0.1) is 16.9 Å². The molecule has 0 radical (unpaired) electrons. The van der Waals surface area contributed by atoms with Crippen LogP contribution in [0, 0.1) is 0 Å². The molecule has 2 unspecified atom stereocenters. The molecule has 0 aliphatic heterocycles. The van der Waals surface area contributed by atoms with Crippen LogP contribution in [0.25, 0.3) is 11.0 Å². The highest BCUT2D eigenvalue weighted by molar-refractivity contribution is 7.99. The minimum absolute atomic E-state index is 0.492. The minimum Gasteiger partial charge on any atom is -0.323 e. The van der Waals surface area contributed by atoms with Gasteiger partial charge in [-0.15, -0.1) is 11.6 Å². The number of fused-ring (bicyclic) bond motifs is 1. The summed E-state index contributed by atoms with van der Waals surface area (Å²) in [6, 6.07) is 8.92. The van der Waals surface area contributed by atoms with Gasteiger partial charge in [-0.2, -0.15) is 11.8 Å². The summed E-state index contributed by atoms with van der Waals surface area (Å²) in [5.41, 5.74) is 2.30. The molecular weight excluding hydrogens is 264 g/mol. The molecule has 1 aliphatic carbocycles. The summed E-state index contributed by atoms with van der Waals surface area (Å²) in [7, 11) is 0. The van der Waals surface area contributed by atoms with Crippen LogP contribution in [0.1, 0.15) is 31.1 Å². The van der Waals surface area contributed by atoms with Crippen LogP contribution in [-0.2, 0) is 5.88 Å². The normalized spacial score (nSPS) is 23.9. The number of hydrogen-bond donors (Lipinski definition) is 0. The van der Waals surface area contributed by atoms with Gasteiger partial charge in [-0.1, -0.05) is 18.6 Å². The molecule has 1 aliphatic rings. The molecule has 1 aromatic carbocycles. The average molecular weight is 281 g/mol. The standard InChI is InChI=1S/C14H17ClN2S/c1-18-13-8-4-7-12(13)17-11-6-3-2-5-10(11)16-14(17)9-15/h2-3,5-6,12-13H,4,7-9H2,1H3. The Bertz CT molecular complexity index is 552. The fraction of sp³-hybridized carbons (Fsp3) is 0.500. The lowest BCUT2D eigenvalue weighted by molar-refractivity contribution is 0.528. The second-order valence-corrected chi connectivity index (χ2v) is 6.14. The number of nitrogens with zero attached hydrogens (tertiary/aromatic N) is 2. The smallest absolute Gasteiger partial charge is 0.125 e. The summed E-state index contributed by atoms with van der Waals surface area (Å²) >= 11 is 8.06. The maximum atomic E-state index is 6.08. The zero-order chi connectivity index (χ0) is 12.5. The molecule has 2 aromatic rings. The van der Waals surface area contributed by atoms with Crippen LogP contribution >= 0.6 is 23.4 Å². The van der Waals surface area contributed by atoms with Gasteiger partial charge in [-0.05, 0) is 31.2 Å². The van der Waals surface area contributed by atoms with Gasteiger partial charge >= 0.3 is 0 Å². The molecule has 18 heavy (non-hydrogen) atoms. The van der Waals surface area contributed by atoms with E-state index in [1.807, 2.05) is 17.8 Å². The third kappa shape index (κ3) is 1.94. The van der Waals surface area contributed by atoms with Crippen LogP contribution in [0.5, 0.6) is 0 Å². The van der Waals surface area contributed by atoms with Crippen molar-refractivity contribution in [3.05, 3.63) is 30.1 Å². The monoisotopic (exact) mass is 280 g/mol. The highest BCUT2D eigenvalue weighted by Gasteiger charge is 2.30. The predicted molar refractivity (Wildman–Crippen MR) is 79.5 cm³/mol. The van der Waals surface area contributed by atoms with Crippen LogP contribution in [0.2, 0.25) is 0 Å². The summed E-state index contributed by atoms with van der Waals surface area (Å²) in [5.74, 6) is 1.51. The number of para-hydroxylation sites is 2. The fourth-order valence-electron chi connectivity index (χ4n) is 3.04. The summed E-state index contributed by atoms with van der Waals surface area (Å²) in [6.45, 7) is 0. The third-order valence-corrected chi connectivity index (χ3v) is 5.23. The Balaban J connectivity index is 2.14. The number of rotatable bonds is 3. The quantitative estimate of drug-likeness (QED) is 0.783. The molecule has 0 saturated heterocycles. The zero-order valence-corrected chi connectivity index (χ0v) is 12.0. The van der Waals surface area contributed by atoms with Crippen LogP contribution in [-0.4, -0.2) is 21.1 Å². The number of aromatic nitrogens is 2. The number of imidazole rings is 1. The van der Waals surface area contributed by atoms with Crippen molar-refractivity contribution in [1.82, 2.24) is 9.55 Å². The highest BCUT2D eigenvalue weighted by atomic mass is 35.5. The Morgan fingerprint density at radius 3 is 3.00 bits per heavy atom. The van der Waals surface area contributed by atoms with E-state index in [0.717, 1.165) is 11.3 Å². The first kappa shape index (κ1) is 12.4. The molecule has 1 heterocycles. The lowest BCUT2D eigenvalue weighted by Gasteiger charge is -2.22. The van der Waals surface area contributed by atoms with E-state index in [2.05, 4.69) is 34.0 Å². The van der Waals surface area contributed by atoms with Gasteiger partial charge in [0.1, 0.15) is 5.82 Å². The fourth-order valence-corrected chi connectivity index (χ4v) is 4.20. The molecule has 1 saturated carbocycles. The van der Waals surface area contributed by atoms with Gasteiger partial charge in [0.25, 0.3) is 0 Å². The molecule has 0 amide bonds. The third-order valence-electron chi connectivity index (χ3n) is 3.84. The zero-order valence-electron chi connectivity index (χ0n) is 10.5. The lowest BCUT2D eigenvalue weighted by atomic mass is 10.2. The Morgan fingerprint density at radius 2 is 2.22 bits per heavy atom. The van der Waals surface area contributed by atoms with Crippen molar-refractivity contribution >= 4 is 34.4 Å². The Morgan fingerprint density at radius 1 is 1.39 bits per heavy atom. The van der Waals surface area contributed by atoms with Crippen LogP contribution in [0.15, 0.2) is 24.3 Å². The largest absolute Gasteiger partial charge is 0.323 e. The topological polar surface area (TPSA) is 17.8 Å². The van der Waals surface area contributed by atoms with Crippen molar-refractivity contribution in [2.75, 3.05) is 6.26 Å². The van der Waals surface area contributed by atoms with Crippen LogP contribution < -0.4 is 0 Å². The molecule has 2 atom stereocenters. The minimum atomic E-state index is 0.492. The number of hydrogen-bond acceptors (Lipinski definition) is 2. The van der Waals surface area contributed by atoms with Gasteiger partial charge in [0.15, 0.2) is 0 Å². The molecule has 3 rings (SSSR count). The van der Waals surface area contributed by atoms with E-state index in [1.54, 1.807) is 0 Å². The second-order valence-electron chi connectivity index (χ2n) is 4.79. The highest BCUT2D eigenvalue weighted by Crippen LogP contribution is 2.40. The van der Waals surface area contributed by atoms with Crippen molar-refractivity contribution in [2.24, 2.45) is 0 Å². The average Bonchev–Trinajstić information content (AvgIpc) is 3.01. The van der Waals surface area contributed by atoms with Gasteiger partial charge in [0, 0.05) is 11.3 Å². The first-order chi connectivity index (χ1) is 8.85. The Hall–Kier alpha value is -0.670. The van der Waals surface area contributed by atoms with E-state index >= 15 is 0 Å². The van der Waals surface area contributed by atoms with Crippen LogP contribution in [0.4, 0.5) is 0 Å². The first-order valence-electron chi connectivity index (χ1n) is 6.39. The summed E-state index contributed by atoms with van der Waals surface area (Å²) < 4.78 is 2.39. The molecule has 1 aromatic heterocycles. The van der Waals surface area contributed by atoms with Crippen molar-refractivity contribution < 1.29 is 0 Å². The van der Waals surface area contributed by atoms with Gasteiger partial charge in [-0.3, -0.25) is 0 Å². The van der Waals surface area contributed by atoms with Crippen LogP contribution in [0.3, 0.4) is 0 Å². The summed E-state index contributed by atoms with van der Waals surface area (Å²) in [5, 5.41) is 0.699. The van der Waals surface area contributed by atoms with E-state index in [-0.39, 0.29) is 0 Å². The molecule has 0 spiro atoms. The van der Waals surface area contributed by atoms with Crippen molar-refractivity contribution in [3.8, 4) is 0 Å². The number of alkyl halides is 1. The molecular formula is C14H17ClN2S. The van der Waals surface area contributed by atoms with Gasteiger partial charge < -0.3 is 4.57 Å². The molecule has 0 N–H and O–H groups in total. The van der Waals surface area contributed by atoms with Crippen molar-refractivity contribution in [3.63, 3.8) is 0 Å². The summed E-state index contributed by atoms with van der Waals surface area (Å²) in [4.78, 5) is 4.67. The van der Waals surface area contributed by atoms with Crippen molar-refractivity contribution in [1.29, 1.82) is 0 Å². The molecule has 0 bridgehead atoms. The molecule has 4 heteroatoms. The number of halogens is 1.